The van der Waals surface area contributed by atoms with E-state index in [1.54, 1.807) is 37.3 Å². The molecule has 0 aliphatic carbocycles. The lowest BCUT2D eigenvalue weighted by Gasteiger charge is -2.26. The van der Waals surface area contributed by atoms with E-state index in [0.717, 1.165) is 15.1 Å². The first kappa shape index (κ1) is 23.6. The van der Waals surface area contributed by atoms with E-state index in [2.05, 4.69) is 5.32 Å². The lowest BCUT2D eigenvalue weighted by molar-refractivity contribution is -0.114. The number of carbonyl (C=O) groups excluding carboxylic acids is 1. The monoisotopic (exact) mass is 494 g/mol. The van der Waals surface area contributed by atoms with Gasteiger partial charge in [-0.15, -0.1) is 0 Å². The predicted octanol–water partition coefficient (Wildman–Crippen LogP) is 5.73. The smallest absolute Gasteiger partial charge is 0.264 e. The van der Waals surface area contributed by atoms with Crippen LogP contribution in [0.15, 0.2) is 95.9 Å². The van der Waals surface area contributed by atoms with Crippen LogP contribution in [0.4, 0.5) is 11.4 Å². The zero-order chi connectivity index (χ0) is 24.1. The number of ether oxygens (including phenoxy) is 1. The zero-order valence-corrected chi connectivity index (χ0v) is 20.0. The third-order valence-corrected chi connectivity index (χ3v) is 7.18. The van der Waals surface area contributed by atoms with Gasteiger partial charge in [-0.25, -0.2) is 8.42 Å². The summed E-state index contributed by atoms with van der Waals surface area (Å²) in [6.45, 7) is 1.71. The van der Waals surface area contributed by atoms with Crippen molar-refractivity contribution >= 4 is 49.7 Å². The Morgan fingerprint density at radius 2 is 1.59 bits per heavy atom. The van der Waals surface area contributed by atoms with Crippen molar-refractivity contribution in [1.82, 2.24) is 0 Å². The summed E-state index contributed by atoms with van der Waals surface area (Å²) in [7, 11) is -4.10. The number of nitrogens with zero attached hydrogens (tertiary/aromatic N) is 1. The largest absolute Gasteiger partial charge is 0.492 e. The van der Waals surface area contributed by atoms with Crippen molar-refractivity contribution in [2.75, 3.05) is 22.8 Å². The number of sulfonamides is 1. The number of carbonyl (C=O) groups is 1. The van der Waals surface area contributed by atoms with Gasteiger partial charge in [0.05, 0.1) is 17.2 Å². The number of anilines is 2. The van der Waals surface area contributed by atoms with Gasteiger partial charge in [0.25, 0.3) is 10.0 Å². The van der Waals surface area contributed by atoms with Gasteiger partial charge in [-0.3, -0.25) is 9.10 Å². The number of hydrogen-bond donors (Lipinski definition) is 1. The minimum Gasteiger partial charge on any atom is -0.492 e. The Kier molecular flexibility index (Phi) is 7.05. The summed E-state index contributed by atoms with van der Waals surface area (Å²) in [6.07, 6.45) is 0. The Morgan fingerprint density at radius 3 is 2.32 bits per heavy atom. The highest BCUT2D eigenvalue weighted by molar-refractivity contribution is 7.92. The van der Waals surface area contributed by atoms with E-state index in [9.17, 15) is 13.2 Å². The van der Waals surface area contributed by atoms with Crippen molar-refractivity contribution < 1.29 is 17.9 Å². The fraction of sp³-hybridized carbons (Fsp3) is 0.115. The van der Waals surface area contributed by atoms with Crippen LogP contribution in [0.25, 0.3) is 10.8 Å². The Bertz CT molecular complexity index is 1420. The number of rotatable bonds is 8. The number of benzene rings is 4. The molecule has 0 saturated heterocycles. The number of amides is 1. The van der Waals surface area contributed by atoms with Gasteiger partial charge >= 0.3 is 0 Å². The van der Waals surface area contributed by atoms with Crippen LogP contribution in [0, 0.1) is 0 Å². The molecular formula is C26H23ClN2O4S. The first-order chi connectivity index (χ1) is 16.4. The molecule has 0 unspecified atom stereocenters. The van der Waals surface area contributed by atoms with Crippen LogP contribution in [0.3, 0.4) is 0 Å². The molecule has 174 valence electrons. The van der Waals surface area contributed by atoms with E-state index in [1.807, 2.05) is 36.4 Å². The topological polar surface area (TPSA) is 75.7 Å². The summed E-state index contributed by atoms with van der Waals surface area (Å²) < 4.78 is 33.9. The number of para-hydroxylation sites is 2. The predicted molar refractivity (Wildman–Crippen MR) is 136 cm³/mol. The molecule has 1 amide bonds. The first-order valence-corrected chi connectivity index (χ1v) is 12.5. The molecule has 6 nitrogen and oxygen atoms in total. The van der Waals surface area contributed by atoms with Crippen molar-refractivity contribution in [1.29, 1.82) is 0 Å². The van der Waals surface area contributed by atoms with Gasteiger partial charge in [0.2, 0.25) is 5.91 Å². The molecule has 0 radical (unpaired) electrons. The van der Waals surface area contributed by atoms with Gasteiger partial charge in [-0.05, 0) is 66.2 Å². The quantitative estimate of drug-likeness (QED) is 0.339. The van der Waals surface area contributed by atoms with E-state index in [1.165, 1.54) is 24.3 Å². The SMILES string of the molecule is CCOc1ccccc1N(CC(=O)Nc1ccc2ccccc2c1)S(=O)(=O)c1ccc(Cl)cc1. The van der Waals surface area contributed by atoms with Crippen molar-refractivity contribution in [2.24, 2.45) is 0 Å². The summed E-state index contributed by atoms with van der Waals surface area (Å²) >= 11 is 5.95. The zero-order valence-electron chi connectivity index (χ0n) is 18.4. The molecule has 0 spiro atoms. The van der Waals surface area contributed by atoms with E-state index < -0.39 is 22.5 Å². The maximum absolute atomic E-state index is 13.6. The lowest BCUT2D eigenvalue weighted by atomic mass is 10.1. The van der Waals surface area contributed by atoms with Crippen LogP contribution in [-0.2, 0) is 14.8 Å². The molecule has 4 aromatic rings. The lowest BCUT2D eigenvalue weighted by Crippen LogP contribution is -2.38. The molecule has 0 bridgehead atoms. The van der Waals surface area contributed by atoms with Gasteiger partial charge in [0, 0.05) is 10.7 Å². The molecule has 0 heterocycles. The maximum Gasteiger partial charge on any atom is 0.264 e. The van der Waals surface area contributed by atoms with Gasteiger partial charge < -0.3 is 10.1 Å². The van der Waals surface area contributed by atoms with Crippen LogP contribution in [0.5, 0.6) is 5.75 Å². The normalized spacial score (nSPS) is 11.2. The molecular weight excluding hydrogens is 472 g/mol. The van der Waals surface area contributed by atoms with Gasteiger partial charge in [-0.1, -0.05) is 54.1 Å². The Morgan fingerprint density at radius 1 is 0.912 bits per heavy atom. The van der Waals surface area contributed by atoms with Crippen LogP contribution in [0.1, 0.15) is 6.92 Å². The Labute approximate surface area is 203 Å². The molecule has 1 N–H and O–H groups in total. The second-order valence-electron chi connectivity index (χ2n) is 7.48. The summed E-state index contributed by atoms with van der Waals surface area (Å²) in [6, 6.07) is 25.9. The van der Waals surface area contributed by atoms with Crippen molar-refractivity contribution in [2.45, 2.75) is 11.8 Å². The average Bonchev–Trinajstić information content (AvgIpc) is 2.83. The molecule has 4 rings (SSSR count). The third kappa shape index (κ3) is 5.16. The highest BCUT2D eigenvalue weighted by atomic mass is 35.5. The number of hydrogen-bond acceptors (Lipinski definition) is 4. The van der Waals surface area contributed by atoms with Crippen LogP contribution < -0.4 is 14.4 Å². The Hall–Kier alpha value is -3.55. The third-order valence-electron chi connectivity index (χ3n) is 5.16. The molecule has 0 atom stereocenters. The minimum atomic E-state index is -4.10. The summed E-state index contributed by atoms with van der Waals surface area (Å²) in [5.74, 6) is -0.125. The van der Waals surface area contributed by atoms with Gasteiger partial charge in [-0.2, -0.15) is 0 Å². The highest BCUT2D eigenvalue weighted by Crippen LogP contribution is 2.33. The van der Waals surface area contributed by atoms with E-state index in [0.29, 0.717) is 23.1 Å². The first-order valence-electron chi connectivity index (χ1n) is 10.7. The number of nitrogens with one attached hydrogen (secondary N) is 1. The minimum absolute atomic E-state index is 0.0155. The highest BCUT2D eigenvalue weighted by Gasteiger charge is 2.29. The fourth-order valence-corrected chi connectivity index (χ4v) is 5.13. The van der Waals surface area contributed by atoms with Crippen molar-refractivity contribution in [3.05, 3.63) is 96.0 Å². The van der Waals surface area contributed by atoms with Crippen molar-refractivity contribution in [3.63, 3.8) is 0 Å². The average molecular weight is 495 g/mol. The maximum atomic E-state index is 13.6. The van der Waals surface area contributed by atoms with Crippen LogP contribution in [-0.4, -0.2) is 27.5 Å². The Balaban J connectivity index is 1.69. The summed E-state index contributed by atoms with van der Waals surface area (Å²) in [5.41, 5.74) is 0.846. The molecule has 0 aliphatic heterocycles. The second-order valence-corrected chi connectivity index (χ2v) is 9.78. The van der Waals surface area contributed by atoms with Crippen LogP contribution >= 0.6 is 11.6 Å². The van der Waals surface area contributed by atoms with E-state index >= 15 is 0 Å². The molecule has 0 aliphatic rings. The molecule has 8 heteroatoms. The number of halogens is 1. The van der Waals surface area contributed by atoms with Crippen molar-refractivity contribution in [3.8, 4) is 5.75 Å². The molecule has 0 aromatic heterocycles. The number of fused-ring (bicyclic) bond motifs is 1. The van der Waals surface area contributed by atoms with Gasteiger partial charge in [0.15, 0.2) is 0 Å². The van der Waals surface area contributed by atoms with Gasteiger partial charge in [0.1, 0.15) is 12.3 Å². The van der Waals surface area contributed by atoms with E-state index in [4.69, 9.17) is 16.3 Å². The molecule has 4 aromatic carbocycles. The fourth-order valence-electron chi connectivity index (χ4n) is 3.57. The van der Waals surface area contributed by atoms with E-state index in [-0.39, 0.29) is 10.6 Å². The van der Waals surface area contributed by atoms with Crippen LogP contribution in [0.2, 0.25) is 5.02 Å². The molecule has 34 heavy (non-hydrogen) atoms. The molecule has 0 fully saturated rings. The second kappa shape index (κ2) is 10.2. The summed E-state index contributed by atoms with van der Waals surface area (Å²) in [5, 5.41) is 5.23. The molecule has 0 saturated carbocycles. The standard InChI is InChI=1S/C26H23ClN2O4S/c1-2-33-25-10-6-5-9-24(25)29(34(31,32)23-15-12-21(27)13-16-23)18-26(30)28-22-14-11-19-7-3-4-8-20(19)17-22/h3-17H,2,18H2,1H3,(H,28,30). The summed E-state index contributed by atoms with van der Waals surface area (Å²) in [4.78, 5) is 13.1.